The van der Waals surface area contributed by atoms with Crippen molar-refractivity contribution < 1.29 is 24.2 Å². The van der Waals surface area contributed by atoms with E-state index >= 15 is 0 Å². The lowest BCUT2D eigenvalue weighted by Crippen LogP contribution is -2.29. The normalized spacial score (nSPS) is 17.1. The number of carbonyl (C=O) groups is 2. The summed E-state index contributed by atoms with van der Waals surface area (Å²) in [5.74, 6) is -0.566. The molecule has 0 aromatic heterocycles. The van der Waals surface area contributed by atoms with Gasteiger partial charge in [-0.3, -0.25) is 9.59 Å². The fourth-order valence-corrected chi connectivity index (χ4v) is 4.44. The Labute approximate surface area is 219 Å². The van der Waals surface area contributed by atoms with Crippen LogP contribution in [-0.2, 0) is 16.1 Å². The molecule has 4 rings (SSSR count). The third-order valence-corrected chi connectivity index (χ3v) is 6.53. The molecule has 0 bridgehead atoms. The Bertz CT molecular complexity index is 1330. The van der Waals surface area contributed by atoms with Gasteiger partial charge in [-0.1, -0.05) is 47.5 Å². The maximum Gasteiger partial charge on any atom is 0.295 e. The lowest BCUT2D eigenvalue weighted by molar-refractivity contribution is -0.140. The van der Waals surface area contributed by atoms with Crippen molar-refractivity contribution in [3.8, 4) is 11.5 Å². The van der Waals surface area contributed by atoms with E-state index < -0.39 is 17.7 Å². The van der Waals surface area contributed by atoms with Crippen molar-refractivity contribution in [3.63, 3.8) is 0 Å². The third-order valence-electron chi connectivity index (χ3n) is 5.79. The van der Waals surface area contributed by atoms with Gasteiger partial charge in [0.15, 0.2) is 0 Å². The van der Waals surface area contributed by atoms with Crippen molar-refractivity contribution in [2.24, 2.45) is 0 Å². The van der Waals surface area contributed by atoms with Crippen LogP contribution in [0.15, 0.2) is 72.3 Å². The number of hydrogen-bond donors (Lipinski definition) is 1. The fourth-order valence-electron chi connectivity index (χ4n) is 4.14. The molecule has 1 saturated heterocycles. The SMILES string of the molecule is COc1cccc(C2/C(=C(/O)c3ccc(Cl)c(Cl)c3)C(=O)C(=O)N2Cc2ccc(OC(C)C)cc2)c1. The average Bonchev–Trinajstić information content (AvgIpc) is 3.11. The Balaban J connectivity index is 1.80. The molecule has 36 heavy (non-hydrogen) atoms. The van der Waals surface area contributed by atoms with Crippen molar-refractivity contribution in [1.82, 2.24) is 4.90 Å². The quantitative estimate of drug-likeness (QED) is 0.219. The van der Waals surface area contributed by atoms with Gasteiger partial charge >= 0.3 is 0 Å². The summed E-state index contributed by atoms with van der Waals surface area (Å²) < 4.78 is 11.1. The number of aliphatic hydroxyl groups excluding tert-OH is 1. The Morgan fingerprint density at radius 1 is 0.972 bits per heavy atom. The first-order chi connectivity index (χ1) is 17.2. The number of methoxy groups -OCH3 is 1. The van der Waals surface area contributed by atoms with Crippen LogP contribution in [-0.4, -0.2) is 34.9 Å². The summed E-state index contributed by atoms with van der Waals surface area (Å²) in [5.41, 5.74) is 1.67. The molecular formula is C28H25Cl2NO5. The highest BCUT2D eigenvalue weighted by molar-refractivity contribution is 6.46. The number of amides is 1. The topological polar surface area (TPSA) is 76.1 Å². The molecule has 1 unspecified atom stereocenters. The van der Waals surface area contributed by atoms with Gasteiger partial charge in [-0.15, -0.1) is 0 Å². The fraction of sp³-hybridized carbons (Fsp3) is 0.214. The van der Waals surface area contributed by atoms with Crippen LogP contribution in [0.1, 0.15) is 36.6 Å². The van der Waals surface area contributed by atoms with E-state index in [9.17, 15) is 14.7 Å². The number of aliphatic hydroxyl groups is 1. The molecule has 0 spiro atoms. The van der Waals surface area contributed by atoms with Crippen molar-refractivity contribution in [2.45, 2.75) is 32.5 Å². The monoisotopic (exact) mass is 525 g/mol. The predicted octanol–water partition coefficient (Wildman–Crippen LogP) is 6.41. The first-order valence-corrected chi connectivity index (χ1v) is 12.1. The van der Waals surface area contributed by atoms with Crippen LogP contribution in [0.25, 0.3) is 5.76 Å². The van der Waals surface area contributed by atoms with Gasteiger partial charge in [0.05, 0.1) is 34.9 Å². The number of nitrogens with zero attached hydrogens (tertiary/aromatic N) is 1. The van der Waals surface area contributed by atoms with E-state index in [0.29, 0.717) is 22.1 Å². The summed E-state index contributed by atoms with van der Waals surface area (Å²) in [7, 11) is 1.53. The van der Waals surface area contributed by atoms with Gasteiger partial charge in [0, 0.05) is 12.1 Å². The summed E-state index contributed by atoms with van der Waals surface area (Å²) in [5, 5.41) is 11.7. The van der Waals surface area contributed by atoms with Gasteiger partial charge in [0.1, 0.15) is 17.3 Å². The zero-order valence-corrected chi connectivity index (χ0v) is 21.5. The second kappa shape index (κ2) is 10.6. The Morgan fingerprint density at radius 3 is 2.33 bits per heavy atom. The maximum absolute atomic E-state index is 13.3. The van der Waals surface area contributed by atoms with E-state index in [4.69, 9.17) is 32.7 Å². The molecular weight excluding hydrogens is 501 g/mol. The number of Topliss-reactive ketones (excluding diaryl/α,β-unsaturated/α-hetero) is 1. The van der Waals surface area contributed by atoms with Crippen molar-refractivity contribution in [2.75, 3.05) is 7.11 Å². The zero-order valence-electron chi connectivity index (χ0n) is 20.0. The molecule has 1 heterocycles. The molecule has 1 aliphatic heterocycles. The minimum atomic E-state index is -0.846. The highest BCUT2D eigenvalue weighted by Gasteiger charge is 2.46. The van der Waals surface area contributed by atoms with Gasteiger partial charge in [-0.2, -0.15) is 0 Å². The van der Waals surface area contributed by atoms with Gasteiger partial charge < -0.3 is 19.5 Å². The molecule has 186 valence electrons. The van der Waals surface area contributed by atoms with Crippen LogP contribution in [0.5, 0.6) is 11.5 Å². The summed E-state index contributed by atoms with van der Waals surface area (Å²) >= 11 is 12.2. The van der Waals surface area contributed by atoms with Crippen LogP contribution >= 0.6 is 23.2 Å². The molecule has 6 nitrogen and oxygen atoms in total. The van der Waals surface area contributed by atoms with Crippen molar-refractivity contribution in [1.29, 1.82) is 0 Å². The molecule has 8 heteroatoms. The number of hydrogen-bond acceptors (Lipinski definition) is 5. The minimum Gasteiger partial charge on any atom is -0.507 e. The molecule has 3 aromatic rings. The second-order valence-corrected chi connectivity index (χ2v) is 9.46. The highest BCUT2D eigenvalue weighted by Crippen LogP contribution is 2.41. The number of halogens is 2. The van der Waals surface area contributed by atoms with Gasteiger partial charge in [0.25, 0.3) is 11.7 Å². The van der Waals surface area contributed by atoms with Crippen LogP contribution in [0.3, 0.4) is 0 Å². The largest absolute Gasteiger partial charge is 0.507 e. The molecule has 1 fully saturated rings. The van der Waals surface area contributed by atoms with E-state index in [1.54, 1.807) is 30.3 Å². The van der Waals surface area contributed by atoms with Gasteiger partial charge in [-0.25, -0.2) is 0 Å². The number of benzene rings is 3. The standard InChI is InChI=1S/C28H25Cl2NO5/c1-16(2)36-20-10-7-17(8-11-20)15-31-25(18-5-4-6-21(13-18)35-3)24(27(33)28(31)34)26(32)19-9-12-22(29)23(30)14-19/h4-14,16,25,32H,15H2,1-3H3/b26-24-. The minimum absolute atomic E-state index is 0.0307. The van der Waals surface area contributed by atoms with E-state index in [2.05, 4.69) is 0 Å². The van der Waals surface area contributed by atoms with E-state index in [0.717, 1.165) is 5.56 Å². The smallest absolute Gasteiger partial charge is 0.295 e. The van der Waals surface area contributed by atoms with Crippen molar-refractivity contribution >= 4 is 40.7 Å². The second-order valence-electron chi connectivity index (χ2n) is 8.64. The molecule has 1 aliphatic rings. The molecule has 1 N–H and O–H groups in total. The number of carbonyl (C=O) groups excluding carboxylic acids is 2. The summed E-state index contributed by atoms with van der Waals surface area (Å²) in [4.78, 5) is 28.0. The summed E-state index contributed by atoms with van der Waals surface area (Å²) in [6, 6.07) is 18.1. The van der Waals surface area contributed by atoms with Gasteiger partial charge in [0.2, 0.25) is 0 Å². The Hall–Kier alpha value is -3.48. The molecule has 0 radical (unpaired) electrons. The lowest BCUT2D eigenvalue weighted by Gasteiger charge is -2.26. The van der Waals surface area contributed by atoms with E-state index in [1.807, 2.05) is 38.1 Å². The molecule has 3 aromatic carbocycles. The first kappa shape index (κ1) is 25.6. The maximum atomic E-state index is 13.3. The zero-order chi connectivity index (χ0) is 26.0. The average molecular weight is 526 g/mol. The van der Waals surface area contributed by atoms with Crippen molar-refractivity contribution in [3.05, 3.63) is 99.0 Å². The molecule has 1 amide bonds. The van der Waals surface area contributed by atoms with Crippen LogP contribution in [0, 0.1) is 0 Å². The third kappa shape index (κ3) is 5.20. The Kier molecular flexibility index (Phi) is 7.57. The number of rotatable bonds is 7. The predicted molar refractivity (Wildman–Crippen MR) is 140 cm³/mol. The summed E-state index contributed by atoms with van der Waals surface area (Å²) in [6.45, 7) is 4.03. The van der Waals surface area contributed by atoms with Crippen LogP contribution < -0.4 is 9.47 Å². The van der Waals surface area contributed by atoms with Crippen LogP contribution in [0.2, 0.25) is 10.0 Å². The van der Waals surface area contributed by atoms with Crippen LogP contribution in [0.4, 0.5) is 0 Å². The number of ether oxygens (including phenoxy) is 2. The highest BCUT2D eigenvalue weighted by atomic mass is 35.5. The summed E-state index contributed by atoms with van der Waals surface area (Å²) in [6.07, 6.45) is 0.0307. The van der Waals surface area contributed by atoms with E-state index in [1.165, 1.54) is 24.1 Å². The Morgan fingerprint density at radius 2 is 1.69 bits per heavy atom. The van der Waals surface area contributed by atoms with Gasteiger partial charge in [-0.05, 0) is 67.4 Å². The lowest BCUT2D eigenvalue weighted by atomic mass is 9.95. The molecule has 0 saturated carbocycles. The number of likely N-dealkylation sites (tertiary alicyclic amines) is 1. The van der Waals surface area contributed by atoms with E-state index in [-0.39, 0.29) is 34.6 Å². The first-order valence-electron chi connectivity index (χ1n) is 11.3. The molecule has 0 aliphatic carbocycles. The number of ketones is 1. The molecule has 1 atom stereocenters.